The highest BCUT2D eigenvalue weighted by molar-refractivity contribution is 4.35. The average Bonchev–Trinajstić information content (AvgIpc) is 1.94. The molecule has 0 rings (SSSR count). The second kappa shape index (κ2) is 15.6. The van der Waals surface area contributed by atoms with Crippen LogP contribution in [0.1, 0.15) is 32.6 Å². The van der Waals surface area contributed by atoms with Gasteiger partial charge in [-0.1, -0.05) is 26.2 Å². The first-order valence-corrected chi connectivity index (χ1v) is 3.50. The third kappa shape index (κ3) is 18.3. The van der Waals surface area contributed by atoms with Crippen LogP contribution in [0.25, 0.3) is 0 Å². The van der Waals surface area contributed by atoms with Gasteiger partial charge in [-0.15, -0.1) is 13.2 Å². The first-order valence-electron chi connectivity index (χ1n) is 3.50. The lowest BCUT2D eigenvalue weighted by atomic mass is 10.2. The van der Waals surface area contributed by atoms with E-state index in [-0.39, 0.29) is 6.61 Å². The topological polar surface area (TPSA) is 19.9 Å². The summed E-state index contributed by atoms with van der Waals surface area (Å²) >= 11 is 0. The van der Waals surface area contributed by atoms with Crippen LogP contribution >= 0.6 is 0 Å². The summed E-state index contributed by atoms with van der Waals surface area (Å²) < 4.78 is 0. The van der Waals surface area contributed by atoms with Crippen molar-refractivity contribution in [2.45, 2.75) is 32.6 Å². The molecular formula is C8H17O. The summed E-state index contributed by atoms with van der Waals surface area (Å²) in [5, 5.41) is 9.80. The van der Waals surface area contributed by atoms with Gasteiger partial charge in [0.2, 0.25) is 0 Å². The minimum absolute atomic E-state index is 0.111. The van der Waals surface area contributed by atoms with Gasteiger partial charge in [-0.05, 0) is 6.42 Å². The molecule has 0 saturated heterocycles. The molecule has 0 spiro atoms. The lowest BCUT2D eigenvalue weighted by Crippen LogP contribution is -1.78. The van der Waals surface area contributed by atoms with E-state index in [1.807, 2.05) is 0 Å². The maximum atomic E-state index is 9.80. The molecule has 0 aliphatic heterocycles. The molecule has 0 saturated carbocycles. The first-order chi connectivity index (χ1) is 4.41. The molecule has 55 valence electrons. The van der Waals surface area contributed by atoms with E-state index in [1.165, 1.54) is 12.8 Å². The molecule has 0 atom stereocenters. The van der Waals surface area contributed by atoms with Crippen molar-refractivity contribution in [3.8, 4) is 0 Å². The van der Waals surface area contributed by atoms with Crippen LogP contribution in [0.3, 0.4) is 0 Å². The molecule has 0 aliphatic carbocycles. The number of rotatable bonds is 4. The van der Waals surface area contributed by atoms with Crippen molar-refractivity contribution in [3.05, 3.63) is 13.2 Å². The van der Waals surface area contributed by atoms with Crippen LogP contribution in [0, 0.1) is 0 Å². The average molecular weight is 129 g/mol. The van der Waals surface area contributed by atoms with Crippen molar-refractivity contribution in [3.63, 3.8) is 0 Å². The SMILES string of the molecule is C=C.CCCCCC[O]. The molecule has 0 aromatic heterocycles. The van der Waals surface area contributed by atoms with Crippen molar-refractivity contribution < 1.29 is 5.11 Å². The van der Waals surface area contributed by atoms with E-state index in [1.54, 1.807) is 0 Å². The fraction of sp³-hybridized carbons (Fsp3) is 0.750. The smallest absolute Gasteiger partial charge is 0.0822 e. The standard InChI is InChI=1S/C6H13O.C2H4/c1-2-3-4-5-6-7;1-2/h2-6H2,1H3;1-2H2. The first kappa shape index (κ1) is 11.5. The molecular weight excluding hydrogens is 112 g/mol. The van der Waals surface area contributed by atoms with E-state index in [0.29, 0.717) is 0 Å². The third-order valence-electron chi connectivity index (χ3n) is 0.998. The van der Waals surface area contributed by atoms with E-state index in [2.05, 4.69) is 20.1 Å². The summed E-state index contributed by atoms with van der Waals surface area (Å²) in [5.41, 5.74) is 0. The van der Waals surface area contributed by atoms with Crippen LogP contribution in [0.15, 0.2) is 13.2 Å². The Labute approximate surface area is 58.4 Å². The van der Waals surface area contributed by atoms with Crippen molar-refractivity contribution in [2.75, 3.05) is 6.61 Å². The van der Waals surface area contributed by atoms with Crippen molar-refractivity contribution in [1.29, 1.82) is 0 Å². The summed E-state index contributed by atoms with van der Waals surface area (Å²) in [4.78, 5) is 0. The summed E-state index contributed by atoms with van der Waals surface area (Å²) in [6.07, 6.45) is 4.44. The van der Waals surface area contributed by atoms with Gasteiger partial charge < -0.3 is 0 Å². The van der Waals surface area contributed by atoms with Gasteiger partial charge in [0.25, 0.3) is 0 Å². The Bertz CT molecular complexity index is 31.5. The molecule has 0 aromatic rings. The minimum atomic E-state index is 0.111. The Hall–Kier alpha value is -0.300. The lowest BCUT2D eigenvalue weighted by molar-refractivity contribution is 0.186. The largest absolute Gasteiger partial charge is 0.237 e. The van der Waals surface area contributed by atoms with Gasteiger partial charge in [0, 0.05) is 0 Å². The number of hydrogen-bond acceptors (Lipinski definition) is 0. The predicted octanol–water partition coefficient (Wildman–Crippen LogP) is 2.80. The zero-order valence-corrected chi connectivity index (χ0v) is 6.36. The zero-order valence-electron chi connectivity index (χ0n) is 6.36. The van der Waals surface area contributed by atoms with Crippen LogP contribution in [-0.4, -0.2) is 6.61 Å². The Morgan fingerprint density at radius 3 is 2.00 bits per heavy atom. The third-order valence-corrected chi connectivity index (χ3v) is 0.998. The monoisotopic (exact) mass is 129 g/mol. The van der Waals surface area contributed by atoms with E-state index < -0.39 is 0 Å². The molecule has 0 amide bonds. The molecule has 0 heterocycles. The van der Waals surface area contributed by atoms with Gasteiger partial charge in [-0.2, -0.15) is 0 Å². The summed E-state index contributed by atoms with van der Waals surface area (Å²) in [5.74, 6) is 0. The maximum absolute atomic E-state index is 9.80. The predicted molar refractivity (Wildman–Crippen MR) is 40.9 cm³/mol. The van der Waals surface area contributed by atoms with Gasteiger partial charge in [0.15, 0.2) is 0 Å². The highest BCUT2D eigenvalue weighted by Gasteiger charge is 1.82. The molecule has 0 fully saturated rings. The molecule has 9 heavy (non-hydrogen) atoms. The molecule has 1 heteroatoms. The molecule has 0 unspecified atom stereocenters. The van der Waals surface area contributed by atoms with Crippen molar-refractivity contribution in [1.82, 2.24) is 0 Å². The van der Waals surface area contributed by atoms with Crippen molar-refractivity contribution in [2.24, 2.45) is 0 Å². The van der Waals surface area contributed by atoms with Gasteiger partial charge >= 0.3 is 0 Å². The minimum Gasteiger partial charge on any atom is -0.237 e. The molecule has 1 radical (unpaired) electrons. The molecule has 0 bridgehead atoms. The van der Waals surface area contributed by atoms with Gasteiger partial charge in [0.1, 0.15) is 0 Å². The molecule has 0 aliphatic rings. The number of hydrogen-bond donors (Lipinski definition) is 0. The van der Waals surface area contributed by atoms with Gasteiger partial charge in [-0.25, -0.2) is 5.11 Å². The van der Waals surface area contributed by atoms with Crippen LogP contribution in [0.2, 0.25) is 0 Å². The fourth-order valence-corrected chi connectivity index (χ4v) is 0.529. The van der Waals surface area contributed by atoms with Gasteiger partial charge in [0.05, 0.1) is 6.61 Å². The fourth-order valence-electron chi connectivity index (χ4n) is 0.529. The Morgan fingerprint density at radius 2 is 1.67 bits per heavy atom. The summed E-state index contributed by atoms with van der Waals surface area (Å²) in [6, 6.07) is 0. The number of unbranched alkanes of at least 4 members (excludes halogenated alkanes) is 3. The second-order valence-corrected chi connectivity index (χ2v) is 1.76. The van der Waals surface area contributed by atoms with Crippen LogP contribution in [0.5, 0.6) is 0 Å². The van der Waals surface area contributed by atoms with E-state index in [9.17, 15) is 5.11 Å². The van der Waals surface area contributed by atoms with Crippen LogP contribution in [0.4, 0.5) is 0 Å². The summed E-state index contributed by atoms with van der Waals surface area (Å²) in [6.45, 7) is 8.25. The maximum Gasteiger partial charge on any atom is 0.0822 e. The van der Waals surface area contributed by atoms with E-state index in [0.717, 1.165) is 12.8 Å². The molecule has 0 aromatic carbocycles. The van der Waals surface area contributed by atoms with Crippen LogP contribution in [-0.2, 0) is 5.11 Å². The lowest BCUT2D eigenvalue weighted by Gasteiger charge is -1.89. The second-order valence-electron chi connectivity index (χ2n) is 1.76. The molecule has 0 N–H and O–H groups in total. The highest BCUT2D eigenvalue weighted by atomic mass is 16.2. The quantitative estimate of drug-likeness (QED) is 0.411. The van der Waals surface area contributed by atoms with Gasteiger partial charge in [-0.3, -0.25) is 0 Å². The zero-order chi connectivity index (χ0) is 7.54. The highest BCUT2D eigenvalue weighted by Crippen LogP contribution is 1.96. The van der Waals surface area contributed by atoms with Crippen LogP contribution < -0.4 is 0 Å². The Morgan fingerprint density at radius 1 is 1.11 bits per heavy atom. The van der Waals surface area contributed by atoms with E-state index >= 15 is 0 Å². The normalized spacial score (nSPS) is 7.78. The Balaban J connectivity index is 0. The Kier molecular flexibility index (Phi) is 20.0. The van der Waals surface area contributed by atoms with E-state index in [4.69, 9.17) is 0 Å². The van der Waals surface area contributed by atoms with Crippen molar-refractivity contribution >= 4 is 0 Å². The molecule has 1 nitrogen and oxygen atoms in total. The summed E-state index contributed by atoms with van der Waals surface area (Å²) in [7, 11) is 0.